The Morgan fingerprint density at radius 2 is 2.25 bits per heavy atom. The van der Waals surface area contributed by atoms with Crippen LogP contribution in [0.1, 0.15) is 13.3 Å². The summed E-state index contributed by atoms with van der Waals surface area (Å²) in [6.45, 7) is 2.45. The molecule has 0 heterocycles. The minimum Gasteiger partial charge on any atom is -0.382 e. The van der Waals surface area contributed by atoms with Crippen LogP contribution in [0.25, 0.3) is 0 Å². The molecule has 0 aromatic heterocycles. The summed E-state index contributed by atoms with van der Waals surface area (Å²) >= 11 is 0. The van der Waals surface area contributed by atoms with Gasteiger partial charge in [0, 0.05) is 26.9 Å². The molecule has 5 nitrogen and oxygen atoms in total. The molecule has 1 unspecified atom stereocenters. The van der Waals surface area contributed by atoms with Crippen LogP contribution < -0.4 is 5.32 Å². The van der Waals surface area contributed by atoms with E-state index in [1.807, 2.05) is 6.92 Å². The summed E-state index contributed by atoms with van der Waals surface area (Å²) in [4.78, 5) is 22.3. The van der Waals surface area contributed by atoms with Crippen molar-refractivity contribution in [2.75, 3.05) is 20.7 Å². The van der Waals surface area contributed by atoms with Gasteiger partial charge in [-0.1, -0.05) is 0 Å². The van der Waals surface area contributed by atoms with Gasteiger partial charge in [0.25, 0.3) is 5.91 Å². The third-order valence-electron chi connectivity index (χ3n) is 2.03. The molecule has 1 N–H and O–H groups in total. The molecule has 2 amide bonds. The number of halogens is 1. The molecule has 0 aliphatic carbocycles. The highest BCUT2D eigenvalue weighted by molar-refractivity contribution is 5.97. The highest BCUT2D eigenvalue weighted by Crippen LogP contribution is 2.02. The normalized spacial score (nSPS) is 13.1. The first-order chi connectivity index (χ1) is 7.51. The van der Waals surface area contributed by atoms with Crippen molar-refractivity contribution >= 4 is 12.3 Å². The van der Waals surface area contributed by atoms with Crippen molar-refractivity contribution in [3.8, 4) is 0 Å². The fraction of sp³-hybridized carbons (Fsp3) is 0.600. The molecule has 0 bridgehead atoms. The number of imide groups is 1. The maximum absolute atomic E-state index is 13.1. The van der Waals surface area contributed by atoms with Gasteiger partial charge in [-0.3, -0.25) is 14.9 Å². The van der Waals surface area contributed by atoms with Gasteiger partial charge in [0.15, 0.2) is 0 Å². The number of ether oxygens (including phenoxy) is 1. The Balaban J connectivity index is 4.09. The number of methoxy groups -OCH3 is 1. The van der Waals surface area contributed by atoms with Crippen LogP contribution in [-0.2, 0) is 14.3 Å². The number of hydrogen-bond acceptors (Lipinski definition) is 4. The average molecular weight is 232 g/mol. The fourth-order valence-corrected chi connectivity index (χ4v) is 0.942. The summed E-state index contributed by atoms with van der Waals surface area (Å²) in [7, 11) is 3.23. The van der Waals surface area contributed by atoms with Gasteiger partial charge < -0.3 is 9.64 Å². The molecule has 16 heavy (non-hydrogen) atoms. The van der Waals surface area contributed by atoms with E-state index in [-0.39, 0.29) is 12.5 Å². The van der Waals surface area contributed by atoms with E-state index in [4.69, 9.17) is 4.74 Å². The van der Waals surface area contributed by atoms with Crippen molar-refractivity contribution in [1.82, 2.24) is 10.2 Å². The van der Waals surface area contributed by atoms with Crippen LogP contribution in [-0.4, -0.2) is 44.0 Å². The van der Waals surface area contributed by atoms with E-state index < -0.39 is 11.7 Å². The van der Waals surface area contributed by atoms with Crippen molar-refractivity contribution in [3.05, 3.63) is 12.0 Å². The number of rotatable bonds is 7. The Morgan fingerprint density at radius 3 is 2.75 bits per heavy atom. The monoisotopic (exact) mass is 232 g/mol. The van der Waals surface area contributed by atoms with Gasteiger partial charge in [0.05, 0.1) is 6.10 Å². The van der Waals surface area contributed by atoms with E-state index in [0.29, 0.717) is 13.0 Å². The molecule has 0 fully saturated rings. The molecule has 0 saturated carbocycles. The standard InChI is InChI=1S/C10H17FN2O3/c1-8(16-3)4-5-13(2)6-9(11)10(15)12-7-14/h6-8H,4-5H2,1-3H3,(H,12,14,15)/b9-6+. The maximum Gasteiger partial charge on any atom is 0.287 e. The number of nitrogens with one attached hydrogen (secondary N) is 1. The van der Waals surface area contributed by atoms with Gasteiger partial charge in [-0.2, -0.15) is 4.39 Å². The second-order valence-electron chi connectivity index (χ2n) is 3.38. The zero-order valence-electron chi connectivity index (χ0n) is 9.70. The van der Waals surface area contributed by atoms with E-state index in [2.05, 4.69) is 0 Å². The Kier molecular flexibility index (Phi) is 7.11. The third-order valence-corrected chi connectivity index (χ3v) is 2.03. The minimum absolute atomic E-state index is 0.0720. The summed E-state index contributed by atoms with van der Waals surface area (Å²) in [5.41, 5.74) is 0. The second-order valence-corrected chi connectivity index (χ2v) is 3.38. The highest BCUT2D eigenvalue weighted by Gasteiger charge is 2.08. The van der Waals surface area contributed by atoms with Crippen LogP contribution >= 0.6 is 0 Å². The first-order valence-electron chi connectivity index (χ1n) is 4.86. The summed E-state index contributed by atoms with van der Waals surface area (Å²) in [5, 5.41) is 1.71. The van der Waals surface area contributed by atoms with E-state index in [9.17, 15) is 14.0 Å². The van der Waals surface area contributed by atoms with Crippen LogP contribution in [0.5, 0.6) is 0 Å². The number of amides is 2. The van der Waals surface area contributed by atoms with Gasteiger partial charge in [-0.15, -0.1) is 0 Å². The number of nitrogens with zero attached hydrogens (tertiary/aromatic N) is 1. The molecular weight excluding hydrogens is 215 g/mol. The Morgan fingerprint density at radius 1 is 1.62 bits per heavy atom. The molecular formula is C10H17FN2O3. The van der Waals surface area contributed by atoms with Crippen molar-refractivity contribution in [1.29, 1.82) is 0 Å². The average Bonchev–Trinajstić information content (AvgIpc) is 2.26. The molecule has 0 spiro atoms. The Bertz CT molecular complexity index is 269. The van der Waals surface area contributed by atoms with Gasteiger partial charge in [-0.05, 0) is 13.3 Å². The highest BCUT2D eigenvalue weighted by atomic mass is 19.1. The number of carbonyl (C=O) groups excluding carboxylic acids is 2. The van der Waals surface area contributed by atoms with Crippen molar-refractivity contribution in [3.63, 3.8) is 0 Å². The topological polar surface area (TPSA) is 58.6 Å². The van der Waals surface area contributed by atoms with Gasteiger partial charge >= 0.3 is 0 Å². The predicted octanol–water partition coefficient (Wildman–Crippen LogP) is 0.427. The summed E-state index contributed by atoms with van der Waals surface area (Å²) in [5.74, 6) is -2.04. The molecule has 0 rings (SSSR count). The van der Waals surface area contributed by atoms with E-state index in [1.165, 1.54) is 4.90 Å². The smallest absolute Gasteiger partial charge is 0.287 e. The Labute approximate surface area is 94.2 Å². The van der Waals surface area contributed by atoms with Crippen molar-refractivity contribution < 1.29 is 18.7 Å². The molecule has 1 atom stereocenters. The Hall–Kier alpha value is -1.43. The first kappa shape index (κ1) is 14.6. The van der Waals surface area contributed by atoms with Gasteiger partial charge in [-0.25, -0.2) is 0 Å². The van der Waals surface area contributed by atoms with Crippen molar-refractivity contribution in [2.24, 2.45) is 0 Å². The molecule has 0 radical (unpaired) electrons. The molecule has 6 heteroatoms. The molecule has 0 aliphatic heterocycles. The maximum atomic E-state index is 13.1. The van der Waals surface area contributed by atoms with Gasteiger partial charge in [0.2, 0.25) is 12.2 Å². The molecule has 0 aromatic rings. The van der Waals surface area contributed by atoms with Crippen LogP contribution in [0.4, 0.5) is 4.39 Å². The lowest BCUT2D eigenvalue weighted by atomic mass is 10.3. The van der Waals surface area contributed by atoms with Crippen LogP contribution in [0, 0.1) is 0 Å². The van der Waals surface area contributed by atoms with Crippen LogP contribution in [0.15, 0.2) is 12.0 Å². The first-order valence-corrected chi connectivity index (χ1v) is 4.86. The number of carbonyl (C=O) groups is 2. The summed E-state index contributed by atoms with van der Waals surface area (Å²) < 4.78 is 18.1. The second kappa shape index (κ2) is 7.81. The third kappa shape index (κ3) is 6.13. The largest absolute Gasteiger partial charge is 0.382 e. The van der Waals surface area contributed by atoms with Crippen molar-refractivity contribution in [2.45, 2.75) is 19.4 Å². The molecule has 92 valence electrons. The van der Waals surface area contributed by atoms with E-state index in [0.717, 1.165) is 6.20 Å². The zero-order chi connectivity index (χ0) is 12.6. The quantitative estimate of drug-likeness (QED) is 0.510. The molecule has 0 saturated heterocycles. The fourth-order valence-electron chi connectivity index (χ4n) is 0.942. The predicted molar refractivity (Wildman–Crippen MR) is 57.1 cm³/mol. The summed E-state index contributed by atoms with van der Waals surface area (Å²) in [6, 6.07) is 0. The molecule has 0 aliphatic rings. The van der Waals surface area contributed by atoms with Crippen LogP contribution in [0.3, 0.4) is 0 Å². The van der Waals surface area contributed by atoms with E-state index in [1.54, 1.807) is 19.5 Å². The lowest BCUT2D eigenvalue weighted by Gasteiger charge is -2.16. The minimum atomic E-state index is -1.04. The van der Waals surface area contributed by atoms with E-state index >= 15 is 0 Å². The van der Waals surface area contributed by atoms with Gasteiger partial charge in [0.1, 0.15) is 0 Å². The lowest BCUT2D eigenvalue weighted by molar-refractivity contribution is -0.123. The number of hydrogen-bond donors (Lipinski definition) is 1. The SMILES string of the molecule is COC(C)CCN(C)/C=C(/F)C(=O)NC=O. The molecule has 0 aromatic carbocycles. The zero-order valence-corrected chi connectivity index (χ0v) is 9.70. The van der Waals surface area contributed by atoms with Crippen LogP contribution in [0.2, 0.25) is 0 Å². The summed E-state index contributed by atoms with van der Waals surface area (Å²) in [6.07, 6.45) is 1.97. The lowest BCUT2D eigenvalue weighted by Crippen LogP contribution is -2.24.